The van der Waals surface area contributed by atoms with Crippen molar-refractivity contribution in [1.82, 2.24) is 4.98 Å². The van der Waals surface area contributed by atoms with Gasteiger partial charge in [0.25, 0.3) is 0 Å². The highest BCUT2D eigenvalue weighted by molar-refractivity contribution is 6.16. The zero-order valence-electron chi connectivity index (χ0n) is 23.0. The fourth-order valence-corrected chi connectivity index (χ4v) is 7.13. The predicted octanol–water partition coefficient (Wildman–Crippen LogP) is 10.5. The van der Waals surface area contributed by atoms with Crippen LogP contribution >= 0.6 is 0 Å². The molecule has 0 saturated carbocycles. The number of hydrogen-bond acceptors (Lipinski definition) is 1. The van der Waals surface area contributed by atoms with Crippen LogP contribution < -0.4 is 0 Å². The van der Waals surface area contributed by atoms with Crippen molar-refractivity contribution in [1.29, 1.82) is 0 Å². The summed E-state index contributed by atoms with van der Waals surface area (Å²) >= 11 is 0. The van der Waals surface area contributed by atoms with Gasteiger partial charge in [0, 0.05) is 21.9 Å². The molecule has 0 radical (unpaired) electrons. The topological polar surface area (TPSA) is 12.9 Å². The lowest BCUT2D eigenvalue weighted by atomic mass is 9.78. The van der Waals surface area contributed by atoms with Crippen molar-refractivity contribution in [3.63, 3.8) is 0 Å². The van der Waals surface area contributed by atoms with Gasteiger partial charge in [-0.1, -0.05) is 129 Å². The summed E-state index contributed by atoms with van der Waals surface area (Å²) < 4.78 is 0. The third-order valence-electron chi connectivity index (χ3n) is 8.99. The Hall–Kier alpha value is -4.75. The summed E-state index contributed by atoms with van der Waals surface area (Å²) in [6, 6.07) is 44.1. The first-order valence-electron chi connectivity index (χ1n) is 14.1. The van der Waals surface area contributed by atoms with Crippen molar-refractivity contribution >= 4 is 32.3 Å². The highest BCUT2D eigenvalue weighted by atomic mass is 14.7. The summed E-state index contributed by atoms with van der Waals surface area (Å²) in [5, 5.41) is 7.67. The summed E-state index contributed by atoms with van der Waals surface area (Å²) in [5.41, 5.74) is 11.0. The van der Waals surface area contributed by atoms with E-state index in [4.69, 9.17) is 4.98 Å². The van der Waals surface area contributed by atoms with Gasteiger partial charge in [0.2, 0.25) is 0 Å². The van der Waals surface area contributed by atoms with E-state index in [9.17, 15) is 0 Å². The number of pyridine rings is 1. The summed E-state index contributed by atoms with van der Waals surface area (Å²) in [6.45, 7) is 7.01. The second-order valence-corrected chi connectivity index (χ2v) is 11.6. The standard InChI is InChI=1S/C39H29N/c1-24-28-16-9-10-18-30(28)38(26-14-5-4-6-15-26)40-37(24)32-23-27-22-21-25-13-7-8-17-29(25)34(27)36-35(32)31-19-11-12-20-33(31)39(36,2)3/h4-23H,1-3H3. The molecule has 1 aromatic heterocycles. The Balaban J connectivity index is 1.57. The Morgan fingerprint density at radius 2 is 1.20 bits per heavy atom. The Morgan fingerprint density at radius 3 is 2.02 bits per heavy atom. The lowest BCUT2D eigenvalue weighted by Gasteiger charge is -2.25. The molecule has 1 nitrogen and oxygen atoms in total. The van der Waals surface area contributed by atoms with E-state index in [-0.39, 0.29) is 5.41 Å². The van der Waals surface area contributed by atoms with E-state index in [1.807, 2.05) is 0 Å². The maximum Gasteiger partial charge on any atom is 0.0788 e. The summed E-state index contributed by atoms with van der Waals surface area (Å²) in [4.78, 5) is 5.51. The van der Waals surface area contributed by atoms with Crippen molar-refractivity contribution in [2.45, 2.75) is 26.2 Å². The van der Waals surface area contributed by atoms with Crippen molar-refractivity contribution in [3.8, 4) is 33.6 Å². The minimum Gasteiger partial charge on any atom is -0.247 e. The van der Waals surface area contributed by atoms with Gasteiger partial charge in [-0.2, -0.15) is 0 Å². The molecular weight excluding hydrogens is 482 g/mol. The molecule has 7 aromatic rings. The molecular formula is C39H29N. The lowest BCUT2D eigenvalue weighted by molar-refractivity contribution is 0.666. The first kappa shape index (κ1) is 23.2. The molecule has 0 aliphatic heterocycles. The molecule has 0 spiro atoms. The van der Waals surface area contributed by atoms with Crippen LogP contribution in [0.25, 0.3) is 66.0 Å². The highest BCUT2D eigenvalue weighted by Crippen LogP contribution is 2.56. The zero-order chi connectivity index (χ0) is 27.0. The number of fused-ring (bicyclic) bond motifs is 8. The van der Waals surface area contributed by atoms with Gasteiger partial charge in [-0.3, -0.25) is 0 Å². The molecule has 0 N–H and O–H groups in total. The van der Waals surface area contributed by atoms with E-state index in [2.05, 4.69) is 142 Å². The number of nitrogens with zero attached hydrogens (tertiary/aromatic N) is 1. The molecule has 0 fully saturated rings. The van der Waals surface area contributed by atoms with Crippen LogP contribution in [0.5, 0.6) is 0 Å². The van der Waals surface area contributed by atoms with E-state index < -0.39 is 0 Å². The van der Waals surface area contributed by atoms with E-state index in [1.165, 1.54) is 65.7 Å². The van der Waals surface area contributed by atoms with Crippen LogP contribution in [-0.2, 0) is 5.41 Å². The van der Waals surface area contributed by atoms with Crippen LogP contribution in [0.2, 0.25) is 0 Å². The molecule has 1 aliphatic rings. The minimum absolute atomic E-state index is 0.142. The van der Waals surface area contributed by atoms with E-state index in [1.54, 1.807) is 0 Å². The maximum absolute atomic E-state index is 5.51. The van der Waals surface area contributed by atoms with Crippen molar-refractivity contribution in [2.24, 2.45) is 0 Å². The maximum atomic E-state index is 5.51. The van der Waals surface area contributed by atoms with Gasteiger partial charge in [0.1, 0.15) is 0 Å². The minimum atomic E-state index is -0.142. The van der Waals surface area contributed by atoms with Gasteiger partial charge in [-0.05, 0) is 67.7 Å². The van der Waals surface area contributed by atoms with Gasteiger partial charge >= 0.3 is 0 Å². The normalized spacial score (nSPS) is 13.6. The van der Waals surface area contributed by atoms with Crippen LogP contribution in [0.3, 0.4) is 0 Å². The monoisotopic (exact) mass is 511 g/mol. The Kier molecular flexibility index (Phi) is 4.85. The van der Waals surface area contributed by atoms with Gasteiger partial charge in [-0.15, -0.1) is 0 Å². The molecule has 1 heterocycles. The third kappa shape index (κ3) is 3.12. The first-order chi connectivity index (χ1) is 19.5. The largest absolute Gasteiger partial charge is 0.247 e. The SMILES string of the molecule is Cc1c(-c2cc3ccc4ccccc4c3c3c2-c2ccccc2C3(C)C)nc(-c2ccccc2)c2ccccc12. The predicted molar refractivity (Wildman–Crippen MR) is 170 cm³/mol. The van der Waals surface area contributed by atoms with Crippen molar-refractivity contribution in [2.75, 3.05) is 0 Å². The fraction of sp³-hybridized carbons (Fsp3) is 0.103. The molecule has 0 bridgehead atoms. The molecule has 0 amide bonds. The number of aromatic nitrogens is 1. The smallest absolute Gasteiger partial charge is 0.0788 e. The fourth-order valence-electron chi connectivity index (χ4n) is 7.13. The molecule has 1 aliphatic carbocycles. The van der Waals surface area contributed by atoms with E-state index in [0.717, 1.165) is 17.0 Å². The first-order valence-corrected chi connectivity index (χ1v) is 14.1. The quantitative estimate of drug-likeness (QED) is 0.210. The van der Waals surface area contributed by atoms with Gasteiger partial charge in [0.15, 0.2) is 0 Å². The number of rotatable bonds is 2. The Bertz CT molecular complexity index is 2130. The van der Waals surface area contributed by atoms with Crippen LogP contribution in [0.4, 0.5) is 0 Å². The van der Waals surface area contributed by atoms with Gasteiger partial charge < -0.3 is 0 Å². The van der Waals surface area contributed by atoms with Crippen LogP contribution in [0.1, 0.15) is 30.5 Å². The lowest BCUT2D eigenvalue weighted by Crippen LogP contribution is -2.15. The van der Waals surface area contributed by atoms with E-state index in [0.29, 0.717) is 0 Å². The second kappa shape index (κ2) is 8.37. The van der Waals surface area contributed by atoms with Crippen molar-refractivity contribution in [3.05, 3.63) is 138 Å². The second-order valence-electron chi connectivity index (χ2n) is 11.6. The Labute approximate surface area is 234 Å². The molecule has 6 aromatic carbocycles. The molecule has 0 atom stereocenters. The molecule has 8 rings (SSSR count). The van der Waals surface area contributed by atoms with Gasteiger partial charge in [-0.25, -0.2) is 4.98 Å². The molecule has 0 saturated heterocycles. The molecule has 40 heavy (non-hydrogen) atoms. The average Bonchev–Trinajstić information content (AvgIpc) is 3.24. The van der Waals surface area contributed by atoms with Crippen LogP contribution in [0, 0.1) is 6.92 Å². The van der Waals surface area contributed by atoms with Crippen molar-refractivity contribution < 1.29 is 0 Å². The average molecular weight is 512 g/mol. The molecule has 1 heteroatoms. The van der Waals surface area contributed by atoms with Crippen LogP contribution in [-0.4, -0.2) is 4.98 Å². The van der Waals surface area contributed by atoms with E-state index >= 15 is 0 Å². The summed E-state index contributed by atoms with van der Waals surface area (Å²) in [6.07, 6.45) is 0. The number of aryl methyl sites for hydroxylation is 1. The number of benzene rings is 6. The Morgan fingerprint density at radius 1 is 0.550 bits per heavy atom. The molecule has 0 unspecified atom stereocenters. The summed E-state index contributed by atoms with van der Waals surface area (Å²) in [7, 11) is 0. The zero-order valence-corrected chi connectivity index (χ0v) is 23.0. The molecule has 190 valence electrons. The van der Waals surface area contributed by atoms with Crippen LogP contribution in [0.15, 0.2) is 121 Å². The highest BCUT2D eigenvalue weighted by Gasteiger charge is 2.39. The third-order valence-corrected chi connectivity index (χ3v) is 8.99. The number of hydrogen-bond donors (Lipinski definition) is 0. The van der Waals surface area contributed by atoms with Gasteiger partial charge in [0.05, 0.1) is 11.4 Å². The summed E-state index contributed by atoms with van der Waals surface area (Å²) in [5.74, 6) is 0.